The van der Waals surface area contributed by atoms with E-state index >= 15 is 0 Å². The molecular weight excluding hydrogens is 248 g/mol. The third-order valence-electron chi connectivity index (χ3n) is 2.19. The molecule has 0 unspecified atom stereocenters. The van der Waals surface area contributed by atoms with Crippen molar-refractivity contribution in [3.8, 4) is 0 Å². The SMILES string of the molecule is O=c1[nH]cnc(N2CCNCC2)c1Br. The average Bonchev–Trinajstić information content (AvgIpc) is 2.23. The van der Waals surface area contributed by atoms with Gasteiger partial charge in [-0.15, -0.1) is 0 Å². The number of piperazine rings is 1. The second kappa shape index (κ2) is 4.10. The molecule has 14 heavy (non-hydrogen) atoms. The molecule has 1 aromatic rings. The van der Waals surface area contributed by atoms with E-state index in [0.717, 1.165) is 32.0 Å². The molecule has 1 saturated heterocycles. The highest BCUT2D eigenvalue weighted by molar-refractivity contribution is 9.10. The summed E-state index contributed by atoms with van der Waals surface area (Å²) in [5, 5.41) is 3.25. The van der Waals surface area contributed by atoms with Crippen LogP contribution in [0.25, 0.3) is 0 Å². The van der Waals surface area contributed by atoms with E-state index in [4.69, 9.17) is 0 Å². The van der Waals surface area contributed by atoms with Gasteiger partial charge in [0.1, 0.15) is 10.3 Å². The molecule has 2 N–H and O–H groups in total. The lowest BCUT2D eigenvalue weighted by Crippen LogP contribution is -2.44. The number of halogens is 1. The average molecular weight is 259 g/mol. The number of hydrogen-bond acceptors (Lipinski definition) is 4. The van der Waals surface area contributed by atoms with Gasteiger partial charge >= 0.3 is 0 Å². The molecule has 1 aromatic heterocycles. The number of anilines is 1. The maximum absolute atomic E-state index is 11.3. The van der Waals surface area contributed by atoms with E-state index in [1.54, 1.807) is 0 Å². The molecule has 0 atom stereocenters. The highest BCUT2D eigenvalue weighted by atomic mass is 79.9. The number of nitrogens with one attached hydrogen (secondary N) is 2. The van der Waals surface area contributed by atoms with Crippen LogP contribution in [0.5, 0.6) is 0 Å². The summed E-state index contributed by atoms with van der Waals surface area (Å²) in [5.74, 6) is 0.732. The predicted octanol–water partition coefficient (Wildman–Crippen LogP) is -0.0580. The van der Waals surface area contributed by atoms with Crippen molar-refractivity contribution in [3.63, 3.8) is 0 Å². The van der Waals surface area contributed by atoms with Crippen molar-refractivity contribution in [1.29, 1.82) is 0 Å². The third kappa shape index (κ3) is 1.80. The van der Waals surface area contributed by atoms with Crippen LogP contribution in [0.4, 0.5) is 5.82 Å². The van der Waals surface area contributed by atoms with Crippen LogP contribution in [0.2, 0.25) is 0 Å². The lowest BCUT2D eigenvalue weighted by molar-refractivity contribution is 0.583. The van der Waals surface area contributed by atoms with Gasteiger partial charge in [-0.05, 0) is 15.9 Å². The maximum atomic E-state index is 11.3. The minimum Gasteiger partial charge on any atom is -0.353 e. The summed E-state index contributed by atoms with van der Waals surface area (Å²) in [6.45, 7) is 3.63. The Morgan fingerprint density at radius 3 is 2.86 bits per heavy atom. The minimum atomic E-state index is -0.131. The fourth-order valence-electron chi connectivity index (χ4n) is 1.47. The zero-order valence-corrected chi connectivity index (χ0v) is 9.17. The highest BCUT2D eigenvalue weighted by Gasteiger charge is 2.15. The van der Waals surface area contributed by atoms with Gasteiger partial charge in [0.25, 0.3) is 5.56 Å². The molecule has 0 saturated carbocycles. The normalized spacial score (nSPS) is 17.1. The Labute approximate surface area is 89.7 Å². The lowest BCUT2D eigenvalue weighted by Gasteiger charge is -2.28. The van der Waals surface area contributed by atoms with Crippen molar-refractivity contribution in [2.75, 3.05) is 31.1 Å². The van der Waals surface area contributed by atoms with Crippen molar-refractivity contribution in [2.24, 2.45) is 0 Å². The van der Waals surface area contributed by atoms with Gasteiger partial charge in [-0.3, -0.25) is 4.79 Å². The monoisotopic (exact) mass is 258 g/mol. The Morgan fingerprint density at radius 1 is 1.43 bits per heavy atom. The fraction of sp³-hybridized carbons (Fsp3) is 0.500. The Balaban J connectivity index is 2.30. The zero-order valence-electron chi connectivity index (χ0n) is 7.59. The van der Waals surface area contributed by atoms with Gasteiger partial charge in [0.2, 0.25) is 0 Å². The van der Waals surface area contributed by atoms with E-state index in [1.807, 2.05) is 0 Å². The summed E-state index contributed by atoms with van der Waals surface area (Å²) in [6.07, 6.45) is 1.43. The molecule has 0 radical (unpaired) electrons. The van der Waals surface area contributed by atoms with Gasteiger partial charge in [-0.25, -0.2) is 4.98 Å². The molecular formula is C8H11BrN4O. The first-order valence-electron chi connectivity index (χ1n) is 4.48. The molecule has 1 aliphatic heterocycles. The van der Waals surface area contributed by atoms with Crippen LogP contribution < -0.4 is 15.8 Å². The van der Waals surface area contributed by atoms with Crippen LogP contribution in [0, 0.1) is 0 Å². The van der Waals surface area contributed by atoms with Crippen LogP contribution in [-0.4, -0.2) is 36.1 Å². The first-order valence-corrected chi connectivity index (χ1v) is 5.27. The smallest absolute Gasteiger partial charge is 0.267 e. The molecule has 76 valence electrons. The van der Waals surface area contributed by atoms with Crippen LogP contribution in [0.3, 0.4) is 0 Å². The Hall–Kier alpha value is -0.880. The van der Waals surface area contributed by atoms with E-state index in [9.17, 15) is 4.79 Å². The number of hydrogen-bond donors (Lipinski definition) is 2. The molecule has 0 amide bonds. The van der Waals surface area contributed by atoms with Crippen molar-refractivity contribution in [3.05, 3.63) is 21.2 Å². The lowest BCUT2D eigenvalue weighted by atomic mass is 10.3. The second-order valence-electron chi connectivity index (χ2n) is 3.11. The number of aromatic amines is 1. The molecule has 0 aliphatic carbocycles. The van der Waals surface area contributed by atoms with E-state index in [0.29, 0.717) is 4.47 Å². The fourth-order valence-corrected chi connectivity index (χ4v) is 1.94. The molecule has 2 rings (SSSR count). The summed E-state index contributed by atoms with van der Waals surface area (Å²) in [5.41, 5.74) is -0.131. The van der Waals surface area contributed by atoms with Gasteiger partial charge in [-0.1, -0.05) is 0 Å². The molecule has 0 bridgehead atoms. The van der Waals surface area contributed by atoms with Crippen molar-refractivity contribution in [2.45, 2.75) is 0 Å². The number of rotatable bonds is 1. The van der Waals surface area contributed by atoms with Gasteiger partial charge in [-0.2, -0.15) is 0 Å². The summed E-state index contributed by atoms with van der Waals surface area (Å²) in [7, 11) is 0. The van der Waals surface area contributed by atoms with E-state index in [-0.39, 0.29) is 5.56 Å². The molecule has 2 heterocycles. The van der Waals surface area contributed by atoms with Gasteiger partial charge < -0.3 is 15.2 Å². The second-order valence-corrected chi connectivity index (χ2v) is 3.90. The quantitative estimate of drug-likeness (QED) is 0.742. The predicted molar refractivity (Wildman–Crippen MR) is 57.6 cm³/mol. The van der Waals surface area contributed by atoms with Crippen LogP contribution >= 0.6 is 15.9 Å². The van der Waals surface area contributed by atoms with Gasteiger partial charge in [0, 0.05) is 26.2 Å². The van der Waals surface area contributed by atoms with E-state index in [2.05, 4.69) is 36.1 Å². The largest absolute Gasteiger partial charge is 0.353 e. The maximum Gasteiger partial charge on any atom is 0.267 e. The number of H-pyrrole nitrogens is 1. The molecule has 1 aliphatic rings. The topological polar surface area (TPSA) is 61.0 Å². The molecule has 1 fully saturated rings. The van der Waals surface area contributed by atoms with Crippen molar-refractivity contribution < 1.29 is 0 Å². The highest BCUT2D eigenvalue weighted by Crippen LogP contribution is 2.18. The zero-order chi connectivity index (χ0) is 9.97. The minimum absolute atomic E-state index is 0.131. The first-order chi connectivity index (χ1) is 6.79. The van der Waals surface area contributed by atoms with Crippen molar-refractivity contribution >= 4 is 21.7 Å². The van der Waals surface area contributed by atoms with Gasteiger partial charge in [0.15, 0.2) is 0 Å². The number of aromatic nitrogens is 2. The van der Waals surface area contributed by atoms with Crippen LogP contribution in [-0.2, 0) is 0 Å². The van der Waals surface area contributed by atoms with E-state index < -0.39 is 0 Å². The third-order valence-corrected chi connectivity index (χ3v) is 2.91. The van der Waals surface area contributed by atoms with Crippen LogP contribution in [0.15, 0.2) is 15.6 Å². The Morgan fingerprint density at radius 2 is 2.14 bits per heavy atom. The van der Waals surface area contributed by atoms with Gasteiger partial charge in [0.05, 0.1) is 6.33 Å². The first kappa shape index (κ1) is 9.67. The molecule has 0 spiro atoms. The Bertz CT molecular complexity index is 372. The summed E-state index contributed by atoms with van der Waals surface area (Å²) in [6, 6.07) is 0. The number of nitrogens with zero attached hydrogens (tertiary/aromatic N) is 2. The van der Waals surface area contributed by atoms with Crippen LogP contribution in [0.1, 0.15) is 0 Å². The summed E-state index contributed by atoms with van der Waals surface area (Å²) in [4.78, 5) is 20.1. The van der Waals surface area contributed by atoms with Crippen molar-refractivity contribution in [1.82, 2.24) is 15.3 Å². The molecule has 0 aromatic carbocycles. The summed E-state index contributed by atoms with van der Waals surface area (Å²) >= 11 is 3.25. The molecule has 6 heteroatoms. The molecule has 5 nitrogen and oxygen atoms in total. The summed E-state index contributed by atoms with van der Waals surface area (Å²) < 4.78 is 0.516. The standard InChI is InChI=1S/C8H11BrN4O/c9-6-7(11-5-12-8(6)14)13-3-1-10-2-4-13/h5,10H,1-4H2,(H,11,12,14). The van der Waals surface area contributed by atoms with E-state index in [1.165, 1.54) is 6.33 Å². The Kier molecular flexibility index (Phi) is 2.83.